The SMILES string of the molecule is Cc1cc(NC2CC(O)C2)nc(C)n1. The van der Waals surface area contributed by atoms with E-state index in [2.05, 4.69) is 15.3 Å². The molecular weight excluding hydrogens is 178 g/mol. The van der Waals surface area contributed by atoms with E-state index in [0.717, 1.165) is 30.2 Å². The van der Waals surface area contributed by atoms with Crippen LogP contribution in [0.3, 0.4) is 0 Å². The Morgan fingerprint density at radius 3 is 2.64 bits per heavy atom. The Bertz CT molecular complexity index is 314. The van der Waals surface area contributed by atoms with E-state index < -0.39 is 0 Å². The van der Waals surface area contributed by atoms with Crippen molar-refractivity contribution < 1.29 is 5.11 Å². The average molecular weight is 193 g/mol. The first-order valence-electron chi connectivity index (χ1n) is 4.90. The molecule has 1 aromatic heterocycles. The van der Waals surface area contributed by atoms with E-state index in [1.807, 2.05) is 19.9 Å². The molecule has 1 heterocycles. The number of aliphatic hydroxyl groups is 1. The zero-order valence-electron chi connectivity index (χ0n) is 8.49. The van der Waals surface area contributed by atoms with Gasteiger partial charge in [-0.1, -0.05) is 0 Å². The van der Waals surface area contributed by atoms with Crippen LogP contribution in [0.1, 0.15) is 24.4 Å². The largest absolute Gasteiger partial charge is 0.393 e. The second-order valence-corrected chi connectivity index (χ2v) is 3.91. The lowest BCUT2D eigenvalue weighted by Crippen LogP contribution is -2.39. The monoisotopic (exact) mass is 193 g/mol. The van der Waals surface area contributed by atoms with Gasteiger partial charge in [0, 0.05) is 17.8 Å². The second-order valence-electron chi connectivity index (χ2n) is 3.91. The van der Waals surface area contributed by atoms with Crippen molar-refractivity contribution in [3.63, 3.8) is 0 Å². The Balaban J connectivity index is 2.02. The van der Waals surface area contributed by atoms with Gasteiger partial charge in [-0.05, 0) is 26.7 Å². The molecule has 1 saturated carbocycles. The zero-order valence-corrected chi connectivity index (χ0v) is 8.49. The van der Waals surface area contributed by atoms with E-state index >= 15 is 0 Å². The predicted molar refractivity (Wildman–Crippen MR) is 54.2 cm³/mol. The normalized spacial score (nSPS) is 25.6. The maximum Gasteiger partial charge on any atom is 0.130 e. The highest BCUT2D eigenvalue weighted by Crippen LogP contribution is 2.23. The molecule has 1 fully saturated rings. The van der Waals surface area contributed by atoms with Gasteiger partial charge in [0.05, 0.1) is 6.10 Å². The Kier molecular flexibility index (Phi) is 2.37. The van der Waals surface area contributed by atoms with Gasteiger partial charge < -0.3 is 10.4 Å². The van der Waals surface area contributed by atoms with Gasteiger partial charge in [-0.2, -0.15) is 0 Å². The lowest BCUT2D eigenvalue weighted by atomic mass is 9.89. The molecule has 0 spiro atoms. The zero-order chi connectivity index (χ0) is 10.1. The van der Waals surface area contributed by atoms with Gasteiger partial charge in [-0.3, -0.25) is 0 Å². The van der Waals surface area contributed by atoms with E-state index in [4.69, 9.17) is 5.11 Å². The standard InChI is InChI=1S/C10H15N3O/c1-6-3-10(12-7(2)11-6)13-8-4-9(14)5-8/h3,8-9,14H,4-5H2,1-2H3,(H,11,12,13). The summed E-state index contributed by atoms with van der Waals surface area (Å²) in [5.41, 5.74) is 0.972. The number of aryl methyl sites for hydroxylation is 2. The van der Waals surface area contributed by atoms with E-state index in [-0.39, 0.29) is 6.10 Å². The van der Waals surface area contributed by atoms with Crippen LogP contribution in [0.15, 0.2) is 6.07 Å². The molecule has 0 unspecified atom stereocenters. The molecule has 14 heavy (non-hydrogen) atoms. The van der Waals surface area contributed by atoms with Gasteiger partial charge in [-0.25, -0.2) is 9.97 Å². The van der Waals surface area contributed by atoms with Crippen molar-refractivity contribution in [1.29, 1.82) is 0 Å². The number of anilines is 1. The topological polar surface area (TPSA) is 58.0 Å². The molecule has 2 rings (SSSR count). The van der Waals surface area contributed by atoms with Gasteiger partial charge in [0.2, 0.25) is 0 Å². The van der Waals surface area contributed by atoms with Crippen LogP contribution in [0.5, 0.6) is 0 Å². The predicted octanol–water partition coefficient (Wildman–Crippen LogP) is 1.03. The highest BCUT2D eigenvalue weighted by atomic mass is 16.3. The van der Waals surface area contributed by atoms with Gasteiger partial charge in [0.1, 0.15) is 11.6 Å². The number of rotatable bonds is 2. The van der Waals surface area contributed by atoms with Crippen LogP contribution < -0.4 is 5.32 Å². The smallest absolute Gasteiger partial charge is 0.130 e. The van der Waals surface area contributed by atoms with E-state index in [0.29, 0.717) is 6.04 Å². The number of nitrogens with zero attached hydrogens (tertiary/aromatic N) is 2. The minimum absolute atomic E-state index is 0.128. The summed E-state index contributed by atoms with van der Waals surface area (Å²) in [4.78, 5) is 8.48. The van der Waals surface area contributed by atoms with Crippen molar-refractivity contribution in [1.82, 2.24) is 9.97 Å². The average Bonchev–Trinajstić information content (AvgIpc) is 1.99. The van der Waals surface area contributed by atoms with Crippen LogP contribution in [-0.2, 0) is 0 Å². The Morgan fingerprint density at radius 2 is 2.07 bits per heavy atom. The summed E-state index contributed by atoms with van der Waals surface area (Å²) in [7, 11) is 0. The lowest BCUT2D eigenvalue weighted by molar-refractivity contribution is 0.0835. The molecule has 0 aliphatic heterocycles. The summed E-state index contributed by atoms with van der Waals surface area (Å²) in [5, 5.41) is 12.4. The molecule has 0 saturated heterocycles. The number of aliphatic hydroxyl groups excluding tert-OH is 1. The molecule has 0 aromatic carbocycles. The quantitative estimate of drug-likeness (QED) is 0.736. The van der Waals surface area contributed by atoms with Gasteiger partial charge in [0.25, 0.3) is 0 Å². The first-order valence-corrected chi connectivity index (χ1v) is 4.90. The van der Waals surface area contributed by atoms with E-state index in [1.165, 1.54) is 0 Å². The highest BCUT2D eigenvalue weighted by molar-refractivity contribution is 5.37. The van der Waals surface area contributed by atoms with Gasteiger partial charge in [0.15, 0.2) is 0 Å². The van der Waals surface area contributed by atoms with Crippen molar-refractivity contribution in [3.05, 3.63) is 17.6 Å². The first-order chi connectivity index (χ1) is 6.63. The Morgan fingerprint density at radius 1 is 1.36 bits per heavy atom. The van der Waals surface area contributed by atoms with Crippen molar-refractivity contribution in [2.75, 3.05) is 5.32 Å². The van der Waals surface area contributed by atoms with Crippen LogP contribution >= 0.6 is 0 Å². The number of nitrogens with one attached hydrogen (secondary N) is 1. The molecule has 1 aliphatic rings. The third-order valence-electron chi connectivity index (χ3n) is 2.43. The fraction of sp³-hybridized carbons (Fsp3) is 0.600. The van der Waals surface area contributed by atoms with E-state index in [9.17, 15) is 0 Å². The van der Waals surface area contributed by atoms with Crippen molar-refractivity contribution in [2.45, 2.75) is 38.8 Å². The summed E-state index contributed by atoms with van der Waals surface area (Å²) in [6, 6.07) is 2.30. The van der Waals surface area contributed by atoms with Crippen molar-refractivity contribution in [2.24, 2.45) is 0 Å². The molecule has 4 nitrogen and oxygen atoms in total. The second kappa shape index (κ2) is 3.53. The van der Waals surface area contributed by atoms with E-state index in [1.54, 1.807) is 0 Å². The highest BCUT2D eigenvalue weighted by Gasteiger charge is 2.27. The minimum Gasteiger partial charge on any atom is -0.393 e. The lowest BCUT2D eigenvalue weighted by Gasteiger charge is -2.32. The van der Waals surface area contributed by atoms with Crippen molar-refractivity contribution >= 4 is 5.82 Å². The fourth-order valence-electron chi connectivity index (χ4n) is 1.71. The Hall–Kier alpha value is -1.16. The molecular formula is C10H15N3O. The molecule has 0 atom stereocenters. The third-order valence-corrected chi connectivity index (χ3v) is 2.43. The van der Waals surface area contributed by atoms with Crippen LogP contribution in [0, 0.1) is 13.8 Å². The maximum atomic E-state index is 9.13. The Labute approximate surface area is 83.4 Å². The first kappa shape index (κ1) is 9.40. The third kappa shape index (κ3) is 2.01. The van der Waals surface area contributed by atoms with Gasteiger partial charge >= 0.3 is 0 Å². The summed E-state index contributed by atoms with van der Waals surface area (Å²) in [6.07, 6.45) is 1.51. The van der Waals surface area contributed by atoms with Crippen LogP contribution in [0.4, 0.5) is 5.82 Å². The van der Waals surface area contributed by atoms with Gasteiger partial charge in [-0.15, -0.1) is 0 Å². The molecule has 76 valence electrons. The molecule has 2 N–H and O–H groups in total. The summed E-state index contributed by atoms with van der Waals surface area (Å²) < 4.78 is 0. The van der Waals surface area contributed by atoms with Crippen molar-refractivity contribution in [3.8, 4) is 0 Å². The summed E-state index contributed by atoms with van der Waals surface area (Å²) in [6.45, 7) is 3.84. The molecule has 0 amide bonds. The minimum atomic E-state index is -0.128. The number of hydrogen-bond acceptors (Lipinski definition) is 4. The molecule has 0 bridgehead atoms. The van der Waals surface area contributed by atoms with Crippen LogP contribution in [0.2, 0.25) is 0 Å². The summed E-state index contributed by atoms with van der Waals surface area (Å²) >= 11 is 0. The number of aromatic nitrogens is 2. The summed E-state index contributed by atoms with van der Waals surface area (Å²) in [5.74, 6) is 1.65. The maximum absolute atomic E-state index is 9.13. The molecule has 1 aromatic rings. The molecule has 1 aliphatic carbocycles. The van der Waals surface area contributed by atoms with Crippen LogP contribution in [0.25, 0.3) is 0 Å². The molecule has 4 heteroatoms. The molecule has 0 radical (unpaired) electrons. The number of hydrogen-bond donors (Lipinski definition) is 2. The van der Waals surface area contributed by atoms with Crippen LogP contribution in [-0.4, -0.2) is 27.2 Å². The fourth-order valence-corrected chi connectivity index (χ4v) is 1.71.